The maximum Gasteiger partial charge on any atom is 0.256 e. The SMILES string of the molecule is COc1ccc(C2NC(=O)c3c(sc4c3CCC4)N2)cc1COc1ccc(Cl)cc1Br. The Morgan fingerprint density at radius 2 is 2.00 bits per heavy atom. The Kier molecular flexibility index (Phi) is 5.58. The monoisotopic (exact) mass is 518 g/mol. The average Bonchev–Trinajstić information content (AvgIpc) is 3.34. The van der Waals surface area contributed by atoms with Crippen LogP contribution in [0.15, 0.2) is 40.9 Å². The van der Waals surface area contributed by atoms with Crippen molar-refractivity contribution in [2.24, 2.45) is 0 Å². The van der Waals surface area contributed by atoms with Gasteiger partial charge in [0.1, 0.15) is 29.3 Å². The van der Waals surface area contributed by atoms with Crippen molar-refractivity contribution in [2.45, 2.75) is 32.0 Å². The number of carbonyl (C=O) groups is 1. The molecule has 1 unspecified atom stereocenters. The van der Waals surface area contributed by atoms with E-state index >= 15 is 0 Å². The van der Waals surface area contributed by atoms with E-state index in [4.69, 9.17) is 21.1 Å². The first-order valence-electron chi connectivity index (χ1n) is 10.00. The van der Waals surface area contributed by atoms with Gasteiger partial charge in [0.15, 0.2) is 0 Å². The smallest absolute Gasteiger partial charge is 0.256 e. The molecule has 0 saturated heterocycles. The number of hydrogen-bond acceptors (Lipinski definition) is 5. The molecular formula is C23H20BrClN2O3S. The van der Waals surface area contributed by atoms with E-state index in [1.807, 2.05) is 24.3 Å². The van der Waals surface area contributed by atoms with E-state index in [1.165, 1.54) is 10.4 Å². The molecule has 1 aliphatic carbocycles. The Morgan fingerprint density at radius 3 is 2.81 bits per heavy atom. The van der Waals surface area contributed by atoms with Gasteiger partial charge in [-0.15, -0.1) is 11.3 Å². The van der Waals surface area contributed by atoms with E-state index in [1.54, 1.807) is 30.6 Å². The summed E-state index contributed by atoms with van der Waals surface area (Å²) < 4.78 is 12.3. The fourth-order valence-electron chi connectivity index (χ4n) is 4.12. The Hall–Kier alpha value is -2.22. The predicted octanol–water partition coefficient (Wildman–Crippen LogP) is 6.09. The second-order valence-corrected chi connectivity index (χ2v) is 9.94. The standard InChI is InChI=1S/C23H20BrClN2O3S/c1-29-17-7-5-12(9-13(17)11-30-18-8-6-14(25)10-16(18)24)21-26-22(28)20-15-3-2-4-19(15)31-23(20)27-21/h5-10,21,27H,2-4,11H2,1H3,(H,26,28). The van der Waals surface area contributed by atoms with Crippen LogP contribution in [0.1, 0.15) is 44.5 Å². The van der Waals surface area contributed by atoms with Crippen LogP contribution in [0, 0.1) is 0 Å². The van der Waals surface area contributed by atoms with E-state index in [2.05, 4.69) is 26.6 Å². The number of nitrogens with one attached hydrogen (secondary N) is 2. The summed E-state index contributed by atoms with van der Waals surface area (Å²) in [6.07, 6.45) is 2.89. The Bertz CT molecular complexity index is 1180. The number of thiophene rings is 1. The summed E-state index contributed by atoms with van der Waals surface area (Å²) in [7, 11) is 1.64. The summed E-state index contributed by atoms with van der Waals surface area (Å²) in [4.78, 5) is 14.2. The lowest BCUT2D eigenvalue weighted by Crippen LogP contribution is -2.38. The van der Waals surface area contributed by atoms with Gasteiger partial charge < -0.3 is 20.1 Å². The molecule has 31 heavy (non-hydrogen) atoms. The van der Waals surface area contributed by atoms with Crippen molar-refractivity contribution in [3.63, 3.8) is 0 Å². The van der Waals surface area contributed by atoms with Crippen molar-refractivity contribution in [3.05, 3.63) is 73.0 Å². The van der Waals surface area contributed by atoms with Crippen molar-refractivity contribution < 1.29 is 14.3 Å². The zero-order chi connectivity index (χ0) is 21.5. The largest absolute Gasteiger partial charge is 0.496 e. The van der Waals surface area contributed by atoms with E-state index in [0.717, 1.165) is 51.2 Å². The van der Waals surface area contributed by atoms with Gasteiger partial charge in [-0.3, -0.25) is 4.79 Å². The van der Waals surface area contributed by atoms with Crippen LogP contribution in [0.3, 0.4) is 0 Å². The van der Waals surface area contributed by atoms with Gasteiger partial charge in [-0.25, -0.2) is 0 Å². The van der Waals surface area contributed by atoms with Crippen LogP contribution in [-0.2, 0) is 19.4 Å². The quantitative estimate of drug-likeness (QED) is 0.428. The molecule has 1 amide bonds. The van der Waals surface area contributed by atoms with Crippen molar-refractivity contribution in [1.29, 1.82) is 0 Å². The maximum absolute atomic E-state index is 12.9. The molecule has 3 aromatic rings. The number of carbonyl (C=O) groups excluding carboxylic acids is 1. The van der Waals surface area contributed by atoms with Gasteiger partial charge in [0.25, 0.3) is 5.91 Å². The minimum Gasteiger partial charge on any atom is -0.496 e. The van der Waals surface area contributed by atoms with Crippen LogP contribution < -0.4 is 20.1 Å². The second kappa shape index (κ2) is 8.37. The van der Waals surface area contributed by atoms with Crippen LogP contribution in [0.25, 0.3) is 0 Å². The number of rotatable bonds is 5. The zero-order valence-electron chi connectivity index (χ0n) is 16.8. The summed E-state index contributed by atoms with van der Waals surface area (Å²) in [5.41, 5.74) is 3.89. The summed E-state index contributed by atoms with van der Waals surface area (Å²) in [5.74, 6) is 1.42. The van der Waals surface area contributed by atoms with Gasteiger partial charge in [-0.05, 0) is 76.7 Å². The normalized spacial score (nSPS) is 16.9. The molecule has 1 aliphatic heterocycles. The number of benzene rings is 2. The fraction of sp³-hybridized carbons (Fsp3) is 0.261. The number of methoxy groups -OCH3 is 1. The van der Waals surface area contributed by atoms with Crippen LogP contribution >= 0.6 is 38.9 Å². The summed E-state index contributed by atoms with van der Waals surface area (Å²) in [6, 6.07) is 11.3. The van der Waals surface area contributed by atoms with Gasteiger partial charge in [0, 0.05) is 15.5 Å². The van der Waals surface area contributed by atoms with Crippen molar-refractivity contribution in [2.75, 3.05) is 12.4 Å². The Balaban J connectivity index is 1.39. The fourth-order valence-corrected chi connectivity index (χ4v) is 6.23. The molecule has 2 aliphatic rings. The van der Waals surface area contributed by atoms with Crippen LogP contribution in [0.5, 0.6) is 11.5 Å². The van der Waals surface area contributed by atoms with Gasteiger partial charge in [0.05, 0.1) is 17.1 Å². The van der Waals surface area contributed by atoms with Crippen LogP contribution in [0.2, 0.25) is 5.02 Å². The number of ether oxygens (including phenoxy) is 2. The molecule has 8 heteroatoms. The highest BCUT2D eigenvalue weighted by atomic mass is 79.9. The van der Waals surface area contributed by atoms with Crippen molar-refractivity contribution in [3.8, 4) is 11.5 Å². The molecule has 0 radical (unpaired) electrons. The zero-order valence-corrected chi connectivity index (χ0v) is 19.9. The molecule has 2 heterocycles. The Labute approximate surface area is 197 Å². The van der Waals surface area contributed by atoms with E-state index in [-0.39, 0.29) is 12.1 Å². The molecule has 5 nitrogen and oxygen atoms in total. The topological polar surface area (TPSA) is 59.6 Å². The lowest BCUT2D eigenvalue weighted by atomic mass is 10.0. The van der Waals surface area contributed by atoms with E-state index in [9.17, 15) is 4.79 Å². The molecule has 0 bridgehead atoms. The van der Waals surface area contributed by atoms with Gasteiger partial charge in [-0.1, -0.05) is 17.7 Å². The molecule has 1 aromatic heterocycles. The van der Waals surface area contributed by atoms with Crippen molar-refractivity contribution >= 4 is 49.8 Å². The summed E-state index contributed by atoms with van der Waals surface area (Å²) >= 11 is 11.2. The van der Waals surface area contributed by atoms with Gasteiger partial charge in [0.2, 0.25) is 0 Å². The number of anilines is 1. The highest BCUT2D eigenvalue weighted by molar-refractivity contribution is 9.10. The van der Waals surface area contributed by atoms with Gasteiger partial charge in [-0.2, -0.15) is 0 Å². The van der Waals surface area contributed by atoms with Crippen LogP contribution in [-0.4, -0.2) is 13.0 Å². The molecule has 160 valence electrons. The van der Waals surface area contributed by atoms with Crippen molar-refractivity contribution in [1.82, 2.24) is 5.32 Å². The number of fused-ring (bicyclic) bond motifs is 3. The van der Waals surface area contributed by atoms with Gasteiger partial charge >= 0.3 is 0 Å². The third kappa shape index (κ3) is 3.90. The summed E-state index contributed by atoms with van der Waals surface area (Å²) in [6.45, 7) is 0.316. The number of amides is 1. The maximum atomic E-state index is 12.9. The minimum absolute atomic E-state index is 0.00290. The molecule has 0 saturated carbocycles. The van der Waals surface area contributed by atoms with Crippen LogP contribution in [0.4, 0.5) is 5.00 Å². The molecule has 2 aromatic carbocycles. The molecule has 0 spiro atoms. The lowest BCUT2D eigenvalue weighted by molar-refractivity contribution is 0.0935. The second-order valence-electron chi connectivity index (χ2n) is 7.55. The first-order valence-corrected chi connectivity index (χ1v) is 12.0. The highest BCUT2D eigenvalue weighted by Gasteiger charge is 2.32. The number of aryl methyl sites for hydroxylation is 1. The lowest BCUT2D eigenvalue weighted by Gasteiger charge is -2.27. The first-order chi connectivity index (χ1) is 15.0. The van der Waals surface area contributed by atoms with E-state index in [0.29, 0.717) is 17.4 Å². The molecule has 5 rings (SSSR count). The third-order valence-corrected chi connectivity index (χ3v) is 7.69. The predicted molar refractivity (Wildman–Crippen MR) is 127 cm³/mol. The Morgan fingerprint density at radius 1 is 1.16 bits per heavy atom. The third-order valence-electron chi connectivity index (χ3n) is 5.61. The number of halogens is 2. The average molecular weight is 520 g/mol. The van der Waals surface area contributed by atoms with E-state index < -0.39 is 0 Å². The molecular weight excluding hydrogens is 500 g/mol. The first kappa shape index (κ1) is 20.7. The molecule has 0 fully saturated rings. The minimum atomic E-state index is -0.300. The highest BCUT2D eigenvalue weighted by Crippen LogP contribution is 2.42. The number of hydrogen-bond donors (Lipinski definition) is 2. The summed E-state index contributed by atoms with van der Waals surface area (Å²) in [5, 5.41) is 8.23. The molecule has 1 atom stereocenters. The molecule has 2 N–H and O–H groups in total.